The fourth-order valence-electron chi connectivity index (χ4n) is 2.80. The minimum atomic E-state index is 0.553. The van der Waals surface area contributed by atoms with Crippen molar-refractivity contribution in [2.45, 2.75) is 110 Å². The van der Waals surface area contributed by atoms with Gasteiger partial charge < -0.3 is 4.74 Å². The molecule has 0 amide bonds. The Morgan fingerprint density at radius 3 is 2.10 bits per heavy atom. The van der Waals surface area contributed by atoms with Crippen molar-refractivity contribution >= 4 is 0 Å². The van der Waals surface area contributed by atoms with Gasteiger partial charge in [-0.25, -0.2) is 0 Å². The van der Waals surface area contributed by atoms with Crippen LogP contribution >= 0.6 is 0 Å². The van der Waals surface area contributed by atoms with Gasteiger partial charge in [-0.05, 0) is 25.7 Å². The van der Waals surface area contributed by atoms with Gasteiger partial charge in [-0.1, -0.05) is 83.8 Å². The number of allylic oxidation sites excluding steroid dienone is 1. The molecular formula is C19H36O. The summed E-state index contributed by atoms with van der Waals surface area (Å²) in [6.07, 6.45) is 23.4. The lowest BCUT2D eigenvalue weighted by atomic mass is 10.1. The predicted octanol–water partition coefficient (Wildman–Crippen LogP) is 6.42. The summed E-state index contributed by atoms with van der Waals surface area (Å²) in [5.41, 5.74) is 0. The van der Waals surface area contributed by atoms with Gasteiger partial charge in [0.2, 0.25) is 0 Å². The van der Waals surface area contributed by atoms with E-state index in [1.54, 1.807) is 0 Å². The second kappa shape index (κ2) is 12.4. The normalized spacial score (nSPS) is 21.7. The van der Waals surface area contributed by atoms with Crippen LogP contribution in [0.5, 0.6) is 0 Å². The molecule has 0 aromatic rings. The maximum Gasteiger partial charge on any atom is 0.0876 e. The van der Waals surface area contributed by atoms with E-state index in [0.717, 1.165) is 6.42 Å². The number of epoxide rings is 1. The third kappa shape index (κ3) is 9.58. The quantitative estimate of drug-likeness (QED) is 0.203. The van der Waals surface area contributed by atoms with Crippen LogP contribution in [0.1, 0.15) is 97.3 Å². The molecule has 118 valence electrons. The van der Waals surface area contributed by atoms with Crippen molar-refractivity contribution in [1.82, 2.24) is 0 Å². The lowest BCUT2D eigenvalue weighted by Gasteiger charge is -1.98. The zero-order valence-corrected chi connectivity index (χ0v) is 13.9. The van der Waals surface area contributed by atoms with Gasteiger partial charge in [-0.3, -0.25) is 0 Å². The van der Waals surface area contributed by atoms with Crippen LogP contribution in [0, 0.1) is 0 Å². The topological polar surface area (TPSA) is 12.5 Å². The summed E-state index contributed by atoms with van der Waals surface area (Å²) in [7, 11) is 0. The van der Waals surface area contributed by atoms with Crippen molar-refractivity contribution in [2.24, 2.45) is 0 Å². The minimum absolute atomic E-state index is 0.553. The third-order valence-corrected chi connectivity index (χ3v) is 4.29. The van der Waals surface area contributed by atoms with E-state index >= 15 is 0 Å². The highest BCUT2D eigenvalue weighted by molar-refractivity contribution is 4.93. The molecule has 20 heavy (non-hydrogen) atoms. The maximum atomic E-state index is 5.69. The molecule has 0 spiro atoms. The first kappa shape index (κ1) is 17.8. The average molecular weight is 280 g/mol. The molecule has 1 heterocycles. The molecule has 1 saturated heterocycles. The molecule has 1 nitrogen and oxygen atoms in total. The number of hydrogen-bond acceptors (Lipinski definition) is 1. The molecule has 0 aromatic carbocycles. The van der Waals surface area contributed by atoms with Crippen molar-refractivity contribution in [3.63, 3.8) is 0 Å². The van der Waals surface area contributed by atoms with E-state index in [9.17, 15) is 0 Å². The van der Waals surface area contributed by atoms with Crippen molar-refractivity contribution in [1.29, 1.82) is 0 Å². The van der Waals surface area contributed by atoms with Gasteiger partial charge >= 0.3 is 0 Å². The molecule has 1 rings (SSSR count). The number of unbranched alkanes of at least 4 members (excludes halogenated alkanes) is 9. The summed E-state index contributed by atoms with van der Waals surface area (Å²) in [4.78, 5) is 0. The van der Waals surface area contributed by atoms with Crippen LogP contribution in [-0.2, 0) is 4.74 Å². The van der Waals surface area contributed by atoms with Crippen molar-refractivity contribution in [3.05, 3.63) is 12.2 Å². The van der Waals surface area contributed by atoms with Gasteiger partial charge in [-0.15, -0.1) is 0 Å². The number of ether oxygens (including phenoxy) is 1. The van der Waals surface area contributed by atoms with Crippen LogP contribution in [0.4, 0.5) is 0 Å². The van der Waals surface area contributed by atoms with E-state index in [0.29, 0.717) is 12.2 Å². The molecule has 2 unspecified atom stereocenters. The van der Waals surface area contributed by atoms with Crippen LogP contribution < -0.4 is 0 Å². The Morgan fingerprint density at radius 2 is 1.35 bits per heavy atom. The second-order valence-electron chi connectivity index (χ2n) is 6.33. The lowest BCUT2D eigenvalue weighted by Crippen LogP contribution is -1.92. The first-order valence-corrected chi connectivity index (χ1v) is 9.19. The van der Waals surface area contributed by atoms with Crippen molar-refractivity contribution < 1.29 is 4.74 Å². The molecule has 1 heteroatoms. The summed E-state index contributed by atoms with van der Waals surface area (Å²) in [5.74, 6) is 0. The molecule has 0 bridgehead atoms. The second-order valence-corrected chi connectivity index (χ2v) is 6.33. The Morgan fingerprint density at radius 1 is 0.700 bits per heavy atom. The Hall–Kier alpha value is -0.300. The highest BCUT2D eigenvalue weighted by Crippen LogP contribution is 2.30. The van der Waals surface area contributed by atoms with E-state index in [2.05, 4.69) is 26.0 Å². The Labute approximate surface area is 127 Å². The van der Waals surface area contributed by atoms with Crippen LogP contribution in [0.15, 0.2) is 12.2 Å². The molecule has 1 fully saturated rings. The van der Waals surface area contributed by atoms with E-state index in [1.165, 1.54) is 77.0 Å². The summed E-state index contributed by atoms with van der Waals surface area (Å²) in [6.45, 7) is 4.54. The largest absolute Gasteiger partial charge is 0.369 e. The zero-order valence-electron chi connectivity index (χ0n) is 13.9. The summed E-state index contributed by atoms with van der Waals surface area (Å²) < 4.78 is 5.69. The molecule has 0 N–H and O–H groups in total. The summed E-state index contributed by atoms with van der Waals surface area (Å²) >= 11 is 0. The predicted molar refractivity (Wildman–Crippen MR) is 89.2 cm³/mol. The van der Waals surface area contributed by atoms with E-state index in [1.807, 2.05) is 0 Å². The van der Waals surface area contributed by atoms with E-state index in [-0.39, 0.29) is 0 Å². The van der Waals surface area contributed by atoms with Gasteiger partial charge in [0, 0.05) is 0 Å². The van der Waals surface area contributed by atoms with E-state index in [4.69, 9.17) is 4.74 Å². The first-order chi connectivity index (χ1) is 9.88. The third-order valence-electron chi connectivity index (χ3n) is 4.29. The van der Waals surface area contributed by atoms with Crippen LogP contribution in [0.2, 0.25) is 0 Å². The standard InChI is InChI=1S/C19H36O/c1-3-5-7-8-9-10-11-12-13-15-17-19-18(20-19)16-14-6-4-2/h13,15,18-19H,3-12,14,16-17H2,1-2H3/b15-13+. The molecule has 0 saturated carbocycles. The lowest BCUT2D eigenvalue weighted by molar-refractivity contribution is 0.359. The fourth-order valence-corrected chi connectivity index (χ4v) is 2.80. The fraction of sp³-hybridized carbons (Fsp3) is 0.895. The average Bonchev–Trinajstić information content (AvgIpc) is 3.20. The Kier molecular flexibility index (Phi) is 11.0. The minimum Gasteiger partial charge on any atom is -0.369 e. The Balaban J connectivity index is 1.79. The Bertz CT molecular complexity index is 234. The molecule has 1 aliphatic rings. The summed E-state index contributed by atoms with van der Waals surface area (Å²) in [6, 6.07) is 0. The molecule has 0 aliphatic carbocycles. The monoisotopic (exact) mass is 280 g/mol. The van der Waals surface area contributed by atoms with Crippen LogP contribution in [0.3, 0.4) is 0 Å². The highest BCUT2D eigenvalue weighted by atomic mass is 16.6. The van der Waals surface area contributed by atoms with Crippen molar-refractivity contribution in [2.75, 3.05) is 0 Å². The highest BCUT2D eigenvalue weighted by Gasteiger charge is 2.36. The first-order valence-electron chi connectivity index (χ1n) is 9.19. The van der Waals surface area contributed by atoms with Gasteiger partial charge in [0.15, 0.2) is 0 Å². The number of rotatable bonds is 14. The van der Waals surface area contributed by atoms with Crippen LogP contribution in [-0.4, -0.2) is 12.2 Å². The van der Waals surface area contributed by atoms with Gasteiger partial charge in [-0.2, -0.15) is 0 Å². The van der Waals surface area contributed by atoms with Gasteiger partial charge in [0.05, 0.1) is 12.2 Å². The molecule has 0 radical (unpaired) electrons. The molecule has 1 aliphatic heterocycles. The summed E-state index contributed by atoms with van der Waals surface area (Å²) in [5, 5.41) is 0. The molecular weight excluding hydrogens is 244 g/mol. The van der Waals surface area contributed by atoms with Crippen molar-refractivity contribution in [3.8, 4) is 0 Å². The van der Waals surface area contributed by atoms with Gasteiger partial charge in [0.25, 0.3) is 0 Å². The van der Waals surface area contributed by atoms with E-state index < -0.39 is 0 Å². The molecule has 0 aromatic heterocycles. The SMILES string of the molecule is CCCCCCCCC/C=C/CC1OC1CCCCC. The van der Waals surface area contributed by atoms with Crippen LogP contribution in [0.25, 0.3) is 0 Å². The number of hydrogen-bond donors (Lipinski definition) is 0. The zero-order chi connectivity index (χ0) is 14.5. The smallest absolute Gasteiger partial charge is 0.0876 e. The maximum absolute atomic E-state index is 5.69. The van der Waals surface area contributed by atoms with Gasteiger partial charge in [0.1, 0.15) is 0 Å². The molecule has 2 atom stereocenters.